The molecule has 0 aliphatic carbocycles. The van der Waals surface area contributed by atoms with Gasteiger partial charge in [-0.15, -0.1) is 0 Å². The molecule has 21 heavy (non-hydrogen) atoms. The van der Waals surface area contributed by atoms with Crippen molar-refractivity contribution in [1.82, 2.24) is 4.40 Å². The van der Waals surface area contributed by atoms with E-state index in [1.807, 2.05) is 55.6 Å². The molecule has 0 atom stereocenters. The van der Waals surface area contributed by atoms with E-state index in [0.29, 0.717) is 12.2 Å². The molecular formula is C18H17NO2. The molecule has 1 aromatic carbocycles. The number of benzene rings is 1. The van der Waals surface area contributed by atoms with Crippen LogP contribution >= 0.6 is 0 Å². The summed E-state index contributed by atoms with van der Waals surface area (Å²) in [6, 6.07) is 18.0. The third-order valence-electron chi connectivity index (χ3n) is 3.48. The lowest BCUT2D eigenvalue weighted by Gasteiger charge is -2.03. The highest BCUT2D eigenvalue weighted by Gasteiger charge is 2.16. The molecule has 0 amide bonds. The third kappa shape index (κ3) is 2.68. The second-order valence-corrected chi connectivity index (χ2v) is 4.89. The molecule has 3 aromatic rings. The molecule has 3 rings (SSSR count). The van der Waals surface area contributed by atoms with Gasteiger partial charge in [0.1, 0.15) is 0 Å². The Kier molecular flexibility index (Phi) is 3.73. The van der Waals surface area contributed by atoms with Gasteiger partial charge in [-0.1, -0.05) is 36.4 Å². The van der Waals surface area contributed by atoms with Gasteiger partial charge in [0.05, 0.1) is 17.7 Å². The molecule has 0 radical (unpaired) electrons. The van der Waals surface area contributed by atoms with Crippen molar-refractivity contribution < 1.29 is 9.53 Å². The van der Waals surface area contributed by atoms with Gasteiger partial charge < -0.3 is 9.14 Å². The molecule has 106 valence electrons. The Hall–Kier alpha value is -2.55. The van der Waals surface area contributed by atoms with Crippen LogP contribution in [0.4, 0.5) is 0 Å². The van der Waals surface area contributed by atoms with Crippen LogP contribution in [0.2, 0.25) is 0 Å². The first-order valence-electron chi connectivity index (χ1n) is 7.09. The molecule has 0 N–H and O–H groups in total. The Morgan fingerprint density at radius 2 is 1.86 bits per heavy atom. The summed E-state index contributed by atoms with van der Waals surface area (Å²) in [5, 5.41) is 0. The van der Waals surface area contributed by atoms with Crippen LogP contribution in [-0.2, 0) is 11.2 Å². The summed E-state index contributed by atoms with van der Waals surface area (Å²) < 4.78 is 7.20. The summed E-state index contributed by atoms with van der Waals surface area (Å²) >= 11 is 0. The van der Waals surface area contributed by atoms with Crippen molar-refractivity contribution in [1.29, 1.82) is 0 Å². The summed E-state index contributed by atoms with van der Waals surface area (Å²) in [5.41, 5.74) is 3.82. The summed E-state index contributed by atoms with van der Waals surface area (Å²) in [7, 11) is 0. The Morgan fingerprint density at radius 3 is 2.62 bits per heavy atom. The Balaban J connectivity index is 2.05. The van der Waals surface area contributed by atoms with Gasteiger partial charge in [0, 0.05) is 18.3 Å². The second kappa shape index (κ2) is 5.83. The quantitative estimate of drug-likeness (QED) is 0.682. The predicted molar refractivity (Wildman–Crippen MR) is 82.6 cm³/mol. The molecule has 2 aromatic heterocycles. The average molecular weight is 279 g/mol. The van der Waals surface area contributed by atoms with Gasteiger partial charge in [-0.3, -0.25) is 0 Å². The molecular weight excluding hydrogens is 262 g/mol. The fraction of sp³-hybridized carbons (Fsp3) is 0.167. The van der Waals surface area contributed by atoms with Gasteiger partial charge in [0.15, 0.2) is 0 Å². The predicted octanol–water partition coefficient (Wildman–Crippen LogP) is 3.71. The molecule has 0 bridgehead atoms. The number of aromatic nitrogens is 1. The Bertz CT molecular complexity index is 759. The van der Waals surface area contributed by atoms with Crippen LogP contribution in [0.5, 0.6) is 0 Å². The first-order chi connectivity index (χ1) is 10.3. The van der Waals surface area contributed by atoms with E-state index in [1.165, 1.54) is 5.56 Å². The molecule has 0 saturated carbocycles. The number of fused-ring (bicyclic) bond motifs is 1. The fourth-order valence-electron chi connectivity index (χ4n) is 2.54. The second-order valence-electron chi connectivity index (χ2n) is 4.89. The number of hydrogen-bond donors (Lipinski definition) is 0. The summed E-state index contributed by atoms with van der Waals surface area (Å²) in [6.07, 6.45) is 2.77. The van der Waals surface area contributed by atoms with Crippen LogP contribution in [0.1, 0.15) is 28.5 Å². The molecule has 0 aliphatic rings. The fourth-order valence-corrected chi connectivity index (χ4v) is 2.54. The van der Waals surface area contributed by atoms with Crippen LogP contribution in [0.3, 0.4) is 0 Å². The lowest BCUT2D eigenvalue weighted by atomic mass is 10.1. The lowest BCUT2D eigenvalue weighted by Crippen LogP contribution is -2.03. The van der Waals surface area contributed by atoms with Crippen molar-refractivity contribution in [3.8, 4) is 0 Å². The standard InChI is InChI=1S/C18H17NO2/c1-2-21-18(20)16-13-15(12-14-8-4-3-5-9-14)19-11-7-6-10-17(16)19/h3-11,13H,2,12H2,1H3. The average Bonchev–Trinajstić information content (AvgIpc) is 2.88. The number of rotatable bonds is 4. The highest BCUT2D eigenvalue weighted by Crippen LogP contribution is 2.20. The Labute approximate surface area is 123 Å². The summed E-state index contributed by atoms with van der Waals surface area (Å²) in [4.78, 5) is 12.1. The van der Waals surface area contributed by atoms with E-state index >= 15 is 0 Å². The van der Waals surface area contributed by atoms with E-state index in [-0.39, 0.29) is 5.97 Å². The van der Waals surface area contributed by atoms with Crippen molar-refractivity contribution in [2.24, 2.45) is 0 Å². The van der Waals surface area contributed by atoms with Crippen LogP contribution in [-0.4, -0.2) is 17.0 Å². The topological polar surface area (TPSA) is 30.7 Å². The number of nitrogens with zero attached hydrogens (tertiary/aromatic N) is 1. The van der Waals surface area contributed by atoms with E-state index in [1.54, 1.807) is 0 Å². The van der Waals surface area contributed by atoms with Gasteiger partial charge >= 0.3 is 5.97 Å². The van der Waals surface area contributed by atoms with Crippen LogP contribution in [0.15, 0.2) is 60.8 Å². The minimum atomic E-state index is -0.263. The highest BCUT2D eigenvalue weighted by atomic mass is 16.5. The largest absolute Gasteiger partial charge is 0.462 e. The normalized spacial score (nSPS) is 10.7. The van der Waals surface area contributed by atoms with Gasteiger partial charge in [-0.2, -0.15) is 0 Å². The van der Waals surface area contributed by atoms with E-state index in [4.69, 9.17) is 4.74 Å². The number of hydrogen-bond acceptors (Lipinski definition) is 2. The molecule has 0 saturated heterocycles. The number of esters is 1. The summed E-state index contributed by atoms with van der Waals surface area (Å²) in [6.45, 7) is 2.21. The van der Waals surface area contributed by atoms with Gasteiger partial charge in [0.25, 0.3) is 0 Å². The van der Waals surface area contributed by atoms with Gasteiger partial charge in [-0.05, 0) is 30.7 Å². The van der Waals surface area contributed by atoms with E-state index in [2.05, 4.69) is 16.5 Å². The van der Waals surface area contributed by atoms with E-state index in [9.17, 15) is 4.79 Å². The summed E-state index contributed by atoms with van der Waals surface area (Å²) in [5.74, 6) is -0.263. The van der Waals surface area contributed by atoms with Crippen molar-refractivity contribution >= 4 is 11.5 Å². The monoisotopic (exact) mass is 279 g/mol. The molecule has 3 nitrogen and oxygen atoms in total. The first kappa shape index (κ1) is 13.4. The molecule has 2 heterocycles. The molecule has 3 heteroatoms. The zero-order valence-corrected chi connectivity index (χ0v) is 12.0. The van der Waals surface area contributed by atoms with Crippen molar-refractivity contribution in [3.05, 3.63) is 77.6 Å². The minimum Gasteiger partial charge on any atom is -0.462 e. The first-order valence-corrected chi connectivity index (χ1v) is 7.09. The van der Waals surface area contributed by atoms with Gasteiger partial charge in [-0.25, -0.2) is 4.79 Å². The minimum absolute atomic E-state index is 0.263. The number of ether oxygens (including phenoxy) is 1. The smallest absolute Gasteiger partial charge is 0.340 e. The van der Waals surface area contributed by atoms with Crippen LogP contribution < -0.4 is 0 Å². The number of carbonyl (C=O) groups is 1. The maximum Gasteiger partial charge on any atom is 0.340 e. The van der Waals surface area contributed by atoms with E-state index in [0.717, 1.165) is 17.6 Å². The highest BCUT2D eigenvalue weighted by molar-refractivity contribution is 5.97. The Morgan fingerprint density at radius 1 is 1.10 bits per heavy atom. The van der Waals surface area contributed by atoms with Crippen molar-refractivity contribution in [2.45, 2.75) is 13.3 Å². The number of pyridine rings is 1. The van der Waals surface area contributed by atoms with Crippen LogP contribution in [0.25, 0.3) is 5.52 Å². The zero-order chi connectivity index (χ0) is 14.7. The maximum absolute atomic E-state index is 12.1. The SMILES string of the molecule is CCOC(=O)c1cc(Cc2ccccc2)n2ccccc12. The molecule has 0 unspecified atom stereocenters. The van der Waals surface area contributed by atoms with Crippen molar-refractivity contribution in [2.75, 3.05) is 6.61 Å². The van der Waals surface area contributed by atoms with Gasteiger partial charge in [0.2, 0.25) is 0 Å². The molecule has 0 fully saturated rings. The van der Waals surface area contributed by atoms with Crippen molar-refractivity contribution in [3.63, 3.8) is 0 Å². The van der Waals surface area contributed by atoms with E-state index < -0.39 is 0 Å². The lowest BCUT2D eigenvalue weighted by molar-refractivity contribution is 0.0529. The molecule has 0 aliphatic heterocycles. The van der Waals surface area contributed by atoms with Crippen LogP contribution in [0, 0.1) is 0 Å². The molecule has 0 spiro atoms. The maximum atomic E-state index is 12.1. The number of carbonyl (C=O) groups excluding carboxylic acids is 1. The zero-order valence-electron chi connectivity index (χ0n) is 12.0. The third-order valence-corrected chi connectivity index (χ3v) is 3.48.